The summed E-state index contributed by atoms with van der Waals surface area (Å²) in [6.07, 6.45) is 5.58. The van der Waals surface area contributed by atoms with Crippen molar-refractivity contribution in [3.05, 3.63) is 61.3 Å². The Bertz CT molecular complexity index is 725. The first-order chi connectivity index (χ1) is 10.1. The number of aromatic nitrogens is 1. The molecule has 21 heavy (non-hydrogen) atoms. The van der Waals surface area contributed by atoms with E-state index in [0.717, 1.165) is 44.5 Å². The van der Waals surface area contributed by atoms with Gasteiger partial charge in [-0.1, -0.05) is 22.0 Å². The molecule has 2 aliphatic carbocycles. The SMILES string of the molecule is OC1c2ncc(Br)cc2CCc2cc(C3CC3)cc(Br)c21. The lowest BCUT2D eigenvalue weighted by molar-refractivity contribution is 0.213. The number of aryl methyl sites for hydroxylation is 2. The average molecular weight is 409 g/mol. The highest BCUT2D eigenvalue weighted by atomic mass is 79.9. The van der Waals surface area contributed by atoms with Crippen LogP contribution in [0.2, 0.25) is 0 Å². The molecule has 2 aromatic rings. The van der Waals surface area contributed by atoms with E-state index in [9.17, 15) is 5.11 Å². The molecule has 2 nitrogen and oxygen atoms in total. The maximum absolute atomic E-state index is 10.8. The number of rotatable bonds is 1. The van der Waals surface area contributed by atoms with E-state index in [0.29, 0.717) is 0 Å². The molecule has 1 aromatic carbocycles. The average Bonchev–Trinajstić information content (AvgIpc) is 3.28. The normalized spacial score (nSPS) is 20.6. The fraction of sp³-hybridized carbons (Fsp3) is 0.353. The van der Waals surface area contributed by atoms with Crippen molar-refractivity contribution in [1.29, 1.82) is 0 Å². The van der Waals surface area contributed by atoms with Crippen LogP contribution in [0.4, 0.5) is 0 Å². The minimum absolute atomic E-state index is 0.645. The zero-order chi connectivity index (χ0) is 14.6. The lowest BCUT2D eigenvalue weighted by Crippen LogP contribution is -2.06. The largest absolute Gasteiger partial charge is 0.382 e. The van der Waals surface area contributed by atoms with E-state index >= 15 is 0 Å². The Morgan fingerprint density at radius 3 is 2.57 bits per heavy atom. The van der Waals surface area contributed by atoms with E-state index in [1.807, 2.05) is 0 Å². The van der Waals surface area contributed by atoms with Crippen LogP contribution in [0.15, 0.2) is 33.3 Å². The summed E-state index contributed by atoms with van der Waals surface area (Å²) < 4.78 is 1.99. The minimum atomic E-state index is -0.645. The van der Waals surface area contributed by atoms with Gasteiger partial charge in [-0.25, -0.2) is 0 Å². The van der Waals surface area contributed by atoms with Crippen LogP contribution in [0.1, 0.15) is 52.8 Å². The van der Waals surface area contributed by atoms with Crippen LogP contribution in [0.5, 0.6) is 0 Å². The molecule has 1 saturated carbocycles. The number of hydrogen-bond donors (Lipinski definition) is 1. The highest BCUT2D eigenvalue weighted by Crippen LogP contribution is 2.44. The molecule has 1 fully saturated rings. The molecule has 1 N–H and O–H groups in total. The third-order valence-corrected chi connectivity index (χ3v) is 5.54. The highest BCUT2D eigenvalue weighted by molar-refractivity contribution is 9.10. The van der Waals surface area contributed by atoms with Gasteiger partial charge in [0, 0.05) is 20.7 Å². The van der Waals surface area contributed by atoms with Gasteiger partial charge in [-0.15, -0.1) is 0 Å². The molecule has 0 saturated heterocycles. The van der Waals surface area contributed by atoms with Crippen LogP contribution in [0.3, 0.4) is 0 Å². The second kappa shape index (κ2) is 5.18. The molecule has 2 aliphatic rings. The number of aliphatic hydroxyl groups is 1. The fourth-order valence-electron chi connectivity index (χ4n) is 3.21. The number of hydrogen-bond acceptors (Lipinski definition) is 2. The van der Waals surface area contributed by atoms with Crippen molar-refractivity contribution < 1.29 is 5.11 Å². The van der Waals surface area contributed by atoms with Gasteiger partial charge in [0.15, 0.2) is 0 Å². The second-order valence-electron chi connectivity index (χ2n) is 5.95. The van der Waals surface area contributed by atoms with Crippen LogP contribution >= 0.6 is 31.9 Å². The molecule has 0 spiro atoms. The van der Waals surface area contributed by atoms with E-state index in [2.05, 4.69) is 55.0 Å². The molecule has 0 aliphatic heterocycles. The highest BCUT2D eigenvalue weighted by Gasteiger charge is 2.29. The van der Waals surface area contributed by atoms with Crippen molar-refractivity contribution in [2.45, 2.75) is 37.7 Å². The Kier molecular flexibility index (Phi) is 3.43. The van der Waals surface area contributed by atoms with E-state index in [1.54, 1.807) is 6.20 Å². The second-order valence-corrected chi connectivity index (χ2v) is 7.72. The summed E-state index contributed by atoms with van der Waals surface area (Å²) in [4.78, 5) is 4.45. The third kappa shape index (κ3) is 2.47. The topological polar surface area (TPSA) is 33.1 Å². The molecule has 108 valence electrons. The van der Waals surface area contributed by atoms with Crippen molar-refractivity contribution in [3.8, 4) is 0 Å². The van der Waals surface area contributed by atoms with Crippen molar-refractivity contribution in [1.82, 2.24) is 4.98 Å². The maximum atomic E-state index is 10.8. The standard InChI is InChI=1S/C17H15Br2NO/c18-13-6-11-4-3-10-5-12(9-1-2-9)7-14(19)15(10)17(21)16(11)20-8-13/h5-9,17,21H,1-4H2. The third-order valence-electron chi connectivity index (χ3n) is 4.45. The Morgan fingerprint density at radius 2 is 1.81 bits per heavy atom. The van der Waals surface area contributed by atoms with Crippen LogP contribution in [-0.2, 0) is 12.8 Å². The lowest BCUT2D eigenvalue weighted by atomic mass is 9.96. The Balaban J connectivity index is 1.85. The molecule has 0 bridgehead atoms. The summed E-state index contributed by atoms with van der Waals surface area (Å²) in [7, 11) is 0. The number of halogens is 2. The summed E-state index contributed by atoms with van der Waals surface area (Å²) in [6.45, 7) is 0. The predicted molar refractivity (Wildman–Crippen MR) is 89.5 cm³/mol. The lowest BCUT2D eigenvalue weighted by Gasteiger charge is -2.17. The molecule has 1 aromatic heterocycles. The monoisotopic (exact) mass is 407 g/mol. The van der Waals surface area contributed by atoms with Gasteiger partial charge in [-0.2, -0.15) is 0 Å². The predicted octanol–water partition coefficient (Wildman–Crippen LogP) is 4.66. The molecular weight excluding hydrogens is 394 g/mol. The molecule has 0 amide bonds. The van der Waals surface area contributed by atoms with E-state index in [4.69, 9.17) is 0 Å². The summed E-state index contributed by atoms with van der Waals surface area (Å²) in [5.74, 6) is 0.724. The summed E-state index contributed by atoms with van der Waals surface area (Å²) in [6, 6.07) is 6.55. The van der Waals surface area contributed by atoms with E-state index in [1.165, 1.54) is 24.0 Å². The van der Waals surface area contributed by atoms with Gasteiger partial charge in [-0.3, -0.25) is 4.98 Å². The van der Waals surface area contributed by atoms with Gasteiger partial charge >= 0.3 is 0 Å². The number of aliphatic hydroxyl groups excluding tert-OH is 1. The summed E-state index contributed by atoms with van der Waals surface area (Å²) in [5.41, 5.74) is 5.58. The fourth-order valence-corrected chi connectivity index (χ4v) is 4.32. The van der Waals surface area contributed by atoms with Gasteiger partial charge < -0.3 is 5.11 Å². The maximum Gasteiger partial charge on any atom is 0.123 e. The Hall–Kier alpha value is -0.710. The summed E-state index contributed by atoms with van der Waals surface area (Å²) >= 11 is 7.14. The van der Waals surface area contributed by atoms with Crippen molar-refractivity contribution in [3.63, 3.8) is 0 Å². The van der Waals surface area contributed by atoms with Gasteiger partial charge in [0.1, 0.15) is 6.10 Å². The Morgan fingerprint density at radius 1 is 1.05 bits per heavy atom. The molecule has 4 rings (SSSR count). The first-order valence-corrected chi connectivity index (χ1v) is 8.86. The van der Waals surface area contributed by atoms with Crippen molar-refractivity contribution >= 4 is 31.9 Å². The number of fused-ring (bicyclic) bond motifs is 2. The smallest absolute Gasteiger partial charge is 0.123 e. The molecule has 0 radical (unpaired) electrons. The van der Waals surface area contributed by atoms with Gasteiger partial charge in [0.2, 0.25) is 0 Å². The Labute approximate surface area is 140 Å². The summed E-state index contributed by atoms with van der Waals surface area (Å²) in [5, 5.41) is 10.8. The van der Waals surface area contributed by atoms with Crippen molar-refractivity contribution in [2.24, 2.45) is 0 Å². The number of pyridine rings is 1. The van der Waals surface area contributed by atoms with Gasteiger partial charge in [0.05, 0.1) is 5.69 Å². The first kappa shape index (κ1) is 13.9. The molecule has 1 unspecified atom stereocenters. The quantitative estimate of drug-likeness (QED) is 0.743. The molecule has 1 atom stereocenters. The number of benzene rings is 1. The van der Waals surface area contributed by atoms with Gasteiger partial charge in [-0.05, 0) is 76.4 Å². The first-order valence-electron chi connectivity index (χ1n) is 7.28. The molecule has 1 heterocycles. The molecule has 4 heteroatoms. The van der Waals surface area contributed by atoms with Crippen LogP contribution in [0.25, 0.3) is 0 Å². The van der Waals surface area contributed by atoms with Crippen LogP contribution in [0, 0.1) is 0 Å². The van der Waals surface area contributed by atoms with Gasteiger partial charge in [0.25, 0.3) is 0 Å². The van der Waals surface area contributed by atoms with E-state index < -0.39 is 6.10 Å². The van der Waals surface area contributed by atoms with Crippen molar-refractivity contribution in [2.75, 3.05) is 0 Å². The molecular formula is C17H15Br2NO. The van der Waals surface area contributed by atoms with E-state index in [-0.39, 0.29) is 0 Å². The zero-order valence-electron chi connectivity index (χ0n) is 11.4. The zero-order valence-corrected chi connectivity index (χ0v) is 14.6. The van der Waals surface area contributed by atoms with Crippen LogP contribution < -0.4 is 0 Å². The minimum Gasteiger partial charge on any atom is -0.382 e. The number of nitrogens with zero attached hydrogens (tertiary/aromatic N) is 1. The van der Waals surface area contributed by atoms with Crippen LogP contribution in [-0.4, -0.2) is 10.1 Å².